The molecule has 8 heteroatoms. The third kappa shape index (κ3) is 5.81. The molecule has 0 aliphatic carbocycles. The topological polar surface area (TPSA) is 104 Å². The van der Waals surface area contributed by atoms with Gasteiger partial charge in [0, 0.05) is 29.4 Å². The number of anilines is 2. The molecule has 3 aromatic rings. The SMILES string of the molecule is CCC(=O)Nc1ccc(NC(=O)CSc2nc(-c3ccccc3)cc(=O)[nH]2)cc1C. The molecule has 3 N–H and O–H groups in total. The molecular weight excluding hydrogens is 400 g/mol. The van der Waals surface area contributed by atoms with Crippen LogP contribution in [-0.2, 0) is 9.59 Å². The van der Waals surface area contributed by atoms with E-state index >= 15 is 0 Å². The van der Waals surface area contributed by atoms with Gasteiger partial charge in [0.15, 0.2) is 5.16 Å². The van der Waals surface area contributed by atoms with Gasteiger partial charge in [-0.1, -0.05) is 49.0 Å². The molecule has 0 aliphatic rings. The maximum atomic E-state index is 12.3. The van der Waals surface area contributed by atoms with Gasteiger partial charge in [-0.25, -0.2) is 4.98 Å². The van der Waals surface area contributed by atoms with Crippen molar-refractivity contribution in [2.24, 2.45) is 0 Å². The summed E-state index contributed by atoms with van der Waals surface area (Å²) in [6.45, 7) is 3.65. The van der Waals surface area contributed by atoms with Gasteiger partial charge in [-0.05, 0) is 30.7 Å². The molecule has 1 aromatic heterocycles. The Bertz CT molecular complexity index is 1110. The highest BCUT2D eigenvalue weighted by molar-refractivity contribution is 7.99. The number of nitrogens with one attached hydrogen (secondary N) is 3. The summed E-state index contributed by atoms with van der Waals surface area (Å²) in [6, 6.07) is 16.1. The van der Waals surface area contributed by atoms with Crippen molar-refractivity contribution in [3.8, 4) is 11.3 Å². The van der Waals surface area contributed by atoms with Crippen molar-refractivity contribution < 1.29 is 9.59 Å². The Morgan fingerprint density at radius 1 is 1.03 bits per heavy atom. The summed E-state index contributed by atoms with van der Waals surface area (Å²) in [6.07, 6.45) is 0.400. The largest absolute Gasteiger partial charge is 0.326 e. The van der Waals surface area contributed by atoms with Gasteiger partial charge in [0.1, 0.15) is 0 Å². The predicted molar refractivity (Wildman–Crippen MR) is 120 cm³/mol. The van der Waals surface area contributed by atoms with Gasteiger partial charge < -0.3 is 15.6 Å². The van der Waals surface area contributed by atoms with E-state index in [0.717, 1.165) is 22.9 Å². The van der Waals surface area contributed by atoms with E-state index in [9.17, 15) is 14.4 Å². The first-order valence-electron chi connectivity index (χ1n) is 9.44. The monoisotopic (exact) mass is 422 g/mol. The average molecular weight is 423 g/mol. The van der Waals surface area contributed by atoms with Crippen molar-refractivity contribution in [1.82, 2.24) is 9.97 Å². The summed E-state index contributed by atoms with van der Waals surface area (Å²) in [7, 11) is 0. The quantitative estimate of drug-likeness (QED) is 0.397. The van der Waals surface area contributed by atoms with E-state index in [2.05, 4.69) is 20.6 Å². The molecule has 1 heterocycles. The maximum Gasteiger partial charge on any atom is 0.252 e. The van der Waals surface area contributed by atoms with E-state index in [4.69, 9.17) is 0 Å². The average Bonchev–Trinajstić information content (AvgIpc) is 2.74. The lowest BCUT2D eigenvalue weighted by atomic mass is 10.1. The molecular formula is C22H22N4O3S. The molecule has 3 rings (SSSR count). The molecule has 0 saturated heterocycles. The molecule has 0 saturated carbocycles. The van der Waals surface area contributed by atoms with Crippen LogP contribution >= 0.6 is 11.8 Å². The molecule has 2 aromatic carbocycles. The summed E-state index contributed by atoms with van der Waals surface area (Å²) in [5, 5.41) is 6.01. The summed E-state index contributed by atoms with van der Waals surface area (Å²) in [5.41, 5.74) is 3.32. The predicted octanol–water partition coefficient (Wildman–Crippen LogP) is 3.82. The van der Waals surface area contributed by atoms with Crippen LogP contribution in [0.1, 0.15) is 18.9 Å². The van der Waals surface area contributed by atoms with Crippen molar-refractivity contribution in [3.05, 3.63) is 70.5 Å². The zero-order chi connectivity index (χ0) is 21.5. The smallest absolute Gasteiger partial charge is 0.252 e. The fraction of sp³-hybridized carbons (Fsp3) is 0.182. The van der Waals surface area contributed by atoms with Crippen molar-refractivity contribution in [3.63, 3.8) is 0 Å². The number of amides is 2. The minimum absolute atomic E-state index is 0.0643. The van der Waals surface area contributed by atoms with Crippen LogP contribution in [0, 0.1) is 6.92 Å². The molecule has 0 atom stereocenters. The van der Waals surface area contributed by atoms with Crippen LogP contribution in [-0.4, -0.2) is 27.5 Å². The van der Waals surface area contributed by atoms with E-state index in [1.165, 1.54) is 6.07 Å². The second-order valence-corrected chi connectivity index (χ2v) is 7.53. The highest BCUT2D eigenvalue weighted by Gasteiger charge is 2.09. The summed E-state index contributed by atoms with van der Waals surface area (Å²) in [4.78, 5) is 42.9. The van der Waals surface area contributed by atoms with Gasteiger partial charge in [-0.2, -0.15) is 0 Å². The fourth-order valence-electron chi connectivity index (χ4n) is 2.71. The van der Waals surface area contributed by atoms with Crippen LogP contribution in [0.5, 0.6) is 0 Å². The Hall–Kier alpha value is -3.39. The van der Waals surface area contributed by atoms with E-state index in [1.807, 2.05) is 37.3 Å². The standard InChI is InChI=1S/C22H22N4O3S/c1-3-19(27)24-17-10-9-16(11-14(17)2)23-21(29)13-30-22-25-18(12-20(28)26-22)15-7-5-4-6-8-15/h4-12H,3,13H2,1-2H3,(H,23,29)(H,24,27)(H,25,26,28). The van der Waals surface area contributed by atoms with Crippen LogP contribution in [0.2, 0.25) is 0 Å². The summed E-state index contributed by atoms with van der Waals surface area (Å²) >= 11 is 1.15. The Morgan fingerprint density at radius 2 is 1.80 bits per heavy atom. The number of thioether (sulfide) groups is 1. The van der Waals surface area contributed by atoms with E-state index in [-0.39, 0.29) is 23.1 Å². The Morgan fingerprint density at radius 3 is 2.50 bits per heavy atom. The molecule has 0 bridgehead atoms. The molecule has 7 nitrogen and oxygen atoms in total. The van der Waals surface area contributed by atoms with Crippen LogP contribution in [0.15, 0.2) is 64.5 Å². The lowest BCUT2D eigenvalue weighted by Crippen LogP contribution is -2.16. The minimum Gasteiger partial charge on any atom is -0.326 e. The highest BCUT2D eigenvalue weighted by atomic mass is 32.2. The molecule has 2 amide bonds. The Balaban J connectivity index is 1.62. The van der Waals surface area contributed by atoms with E-state index < -0.39 is 0 Å². The van der Waals surface area contributed by atoms with Crippen LogP contribution in [0.4, 0.5) is 11.4 Å². The maximum absolute atomic E-state index is 12.3. The third-order valence-corrected chi connectivity index (χ3v) is 5.11. The number of benzene rings is 2. The van der Waals surface area contributed by atoms with Gasteiger partial charge in [-0.3, -0.25) is 14.4 Å². The number of carbonyl (C=O) groups is 2. The summed E-state index contributed by atoms with van der Waals surface area (Å²) < 4.78 is 0. The number of aromatic nitrogens is 2. The Kier molecular flexibility index (Phi) is 7.03. The number of nitrogens with zero attached hydrogens (tertiary/aromatic N) is 1. The molecule has 30 heavy (non-hydrogen) atoms. The fourth-order valence-corrected chi connectivity index (χ4v) is 3.39. The Labute approximate surface area is 178 Å². The molecule has 0 aliphatic heterocycles. The van der Waals surface area contributed by atoms with Gasteiger partial charge >= 0.3 is 0 Å². The number of hydrogen-bond acceptors (Lipinski definition) is 5. The minimum atomic E-state index is -0.271. The lowest BCUT2D eigenvalue weighted by molar-refractivity contribution is -0.116. The number of aryl methyl sites for hydroxylation is 1. The summed E-state index contributed by atoms with van der Waals surface area (Å²) in [5.74, 6) is -0.197. The lowest BCUT2D eigenvalue weighted by Gasteiger charge is -2.11. The van der Waals surface area contributed by atoms with Crippen molar-refractivity contribution >= 4 is 35.0 Å². The van der Waals surface area contributed by atoms with Crippen molar-refractivity contribution in [2.45, 2.75) is 25.4 Å². The second kappa shape index (κ2) is 9.89. The first-order valence-corrected chi connectivity index (χ1v) is 10.4. The number of carbonyl (C=O) groups excluding carboxylic acids is 2. The van der Waals surface area contributed by atoms with Crippen molar-refractivity contribution in [1.29, 1.82) is 0 Å². The molecule has 0 fully saturated rings. The number of hydrogen-bond donors (Lipinski definition) is 3. The number of H-pyrrole nitrogens is 1. The van der Waals surface area contributed by atoms with E-state index in [0.29, 0.717) is 28.6 Å². The van der Waals surface area contributed by atoms with Crippen LogP contribution in [0.3, 0.4) is 0 Å². The van der Waals surface area contributed by atoms with Gasteiger partial charge in [-0.15, -0.1) is 0 Å². The zero-order valence-electron chi connectivity index (χ0n) is 16.7. The van der Waals surface area contributed by atoms with Gasteiger partial charge in [0.2, 0.25) is 11.8 Å². The number of aromatic amines is 1. The molecule has 0 radical (unpaired) electrons. The zero-order valence-corrected chi connectivity index (χ0v) is 17.5. The molecule has 154 valence electrons. The third-order valence-electron chi connectivity index (χ3n) is 4.23. The first kappa shape index (κ1) is 21.3. The molecule has 0 unspecified atom stereocenters. The van der Waals surface area contributed by atoms with Crippen molar-refractivity contribution in [2.75, 3.05) is 16.4 Å². The van der Waals surface area contributed by atoms with Crippen LogP contribution in [0.25, 0.3) is 11.3 Å². The normalized spacial score (nSPS) is 10.5. The van der Waals surface area contributed by atoms with E-state index in [1.54, 1.807) is 25.1 Å². The highest BCUT2D eigenvalue weighted by Crippen LogP contribution is 2.21. The molecule has 0 spiro atoms. The first-order chi connectivity index (χ1) is 14.4. The number of rotatable bonds is 7. The second-order valence-electron chi connectivity index (χ2n) is 6.57. The van der Waals surface area contributed by atoms with Gasteiger partial charge in [0.25, 0.3) is 5.56 Å². The van der Waals surface area contributed by atoms with Gasteiger partial charge in [0.05, 0.1) is 11.4 Å². The van der Waals surface area contributed by atoms with Crippen LogP contribution < -0.4 is 16.2 Å².